The van der Waals surface area contributed by atoms with E-state index in [1.807, 2.05) is 41.4 Å². The number of fused-ring (bicyclic) bond motifs is 4. The van der Waals surface area contributed by atoms with E-state index >= 15 is 0 Å². The van der Waals surface area contributed by atoms with Crippen molar-refractivity contribution in [2.75, 3.05) is 24.2 Å². The Morgan fingerprint density at radius 2 is 1.83 bits per heavy atom. The van der Waals surface area contributed by atoms with E-state index < -0.39 is 10.0 Å². The minimum Gasteiger partial charge on any atom is -0.339 e. The van der Waals surface area contributed by atoms with Crippen LogP contribution in [0, 0.1) is 0 Å². The quantitative estimate of drug-likeness (QED) is 0.319. The van der Waals surface area contributed by atoms with Crippen LogP contribution >= 0.6 is 0 Å². The van der Waals surface area contributed by atoms with E-state index in [0.717, 1.165) is 49.9 Å². The summed E-state index contributed by atoms with van der Waals surface area (Å²) in [6.45, 7) is 5.32. The molecule has 42 heavy (non-hydrogen) atoms. The molecule has 2 aliphatic heterocycles. The van der Waals surface area contributed by atoms with Gasteiger partial charge >= 0.3 is 6.03 Å². The third-order valence-electron chi connectivity index (χ3n) is 8.38. The summed E-state index contributed by atoms with van der Waals surface area (Å²) in [6, 6.07) is 6.21. The monoisotopic (exact) mass is 587 g/mol. The van der Waals surface area contributed by atoms with Crippen molar-refractivity contribution in [3.8, 4) is 22.4 Å². The van der Waals surface area contributed by atoms with Gasteiger partial charge in [-0.1, -0.05) is 6.07 Å². The van der Waals surface area contributed by atoms with Gasteiger partial charge in [-0.25, -0.2) is 22.5 Å². The summed E-state index contributed by atoms with van der Waals surface area (Å²) < 4.78 is 29.6. The lowest BCUT2D eigenvalue weighted by Gasteiger charge is -2.40. The topological polar surface area (TPSA) is 134 Å². The molecule has 218 valence electrons. The molecular formula is C29H33N9O3S. The molecule has 4 aromatic heterocycles. The number of amides is 2. The smallest absolute Gasteiger partial charge is 0.322 e. The predicted octanol–water partition coefficient (Wildman–Crippen LogP) is 4.01. The van der Waals surface area contributed by atoms with Gasteiger partial charge in [0.05, 0.1) is 40.9 Å². The number of sulfonamides is 1. The van der Waals surface area contributed by atoms with Gasteiger partial charge in [0.15, 0.2) is 0 Å². The summed E-state index contributed by atoms with van der Waals surface area (Å²) in [6.07, 6.45) is 9.81. The largest absolute Gasteiger partial charge is 0.339 e. The predicted molar refractivity (Wildman–Crippen MR) is 162 cm³/mol. The Morgan fingerprint density at radius 3 is 2.52 bits per heavy atom. The average Bonchev–Trinajstić information content (AvgIpc) is 3.68. The van der Waals surface area contributed by atoms with Crippen LogP contribution in [0.5, 0.6) is 0 Å². The van der Waals surface area contributed by atoms with Gasteiger partial charge in [0.25, 0.3) is 0 Å². The van der Waals surface area contributed by atoms with Crippen LogP contribution in [0.15, 0.2) is 43.0 Å². The minimum absolute atomic E-state index is 0.163. The van der Waals surface area contributed by atoms with Gasteiger partial charge in [-0.05, 0) is 44.4 Å². The van der Waals surface area contributed by atoms with E-state index in [2.05, 4.69) is 52.5 Å². The van der Waals surface area contributed by atoms with Crippen molar-refractivity contribution >= 4 is 43.7 Å². The number of aromatic nitrogens is 6. The molecule has 5 aromatic rings. The molecule has 7 rings (SSSR count). The van der Waals surface area contributed by atoms with Crippen molar-refractivity contribution < 1.29 is 13.2 Å². The number of pyridine rings is 1. The number of carbonyl (C=O) groups excluding carboxylic acids is 1. The first-order valence-corrected chi connectivity index (χ1v) is 16.0. The molecule has 0 aliphatic carbocycles. The van der Waals surface area contributed by atoms with E-state index in [9.17, 15) is 13.2 Å². The second-order valence-electron chi connectivity index (χ2n) is 11.5. The van der Waals surface area contributed by atoms with Crippen LogP contribution in [0.3, 0.4) is 0 Å². The van der Waals surface area contributed by atoms with E-state index in [-0.39, 0.29) is 18.1 Å². The molecular weight excluding hydrogens is 554 g/mol. The fraction of sp³-hybridized carbons (Fsp3) is 0.379. The summed E-state index contributed by atoms with van der Waals surface area (Å²) in [4.78, 5) is 23.8. The molecule has 2 amide bonds. The van der Waals surface area contributed by atoms with Crippen LogP contribution in [0.2, 0.25) is 0 Å². The highest BCUT2D eigenvalue weighted by Crippen LogP contribution is 2.46. The number of hydrogen-bond acceptors (Lipinski definition) is 6. The van der Waals surface area contributed by atoms with Gasteiger partial charge in [-0.15, -0.1) is 0 Å². The molecule has 0 bridgehead atoms. The van der Waals surface area contributed by atoms with E-state index in [0.29, 0.717) is 38.1 Å². The van der Waals surface area contributed by atoms with Gasteiger partial charge in [0.2, 0.25) is 10.0 Å². The summed E-state index contributed by atoms with van der Waals surface area (Å²) in [5.74, 6) is 0. The van der Waals surface area contributed by atoms with E-state index in [4.69, 9.17) is 4.98 Å². The zero-order chi connectivity index (χ0) is 29.3. The maximum atomic E-state index is 13.6. The van der Waals surface area contributed by atoms with Crippen LogP contribution < -0.4 is 10.2 Å². The number of piperidine rings is 1. The Labute approximate surface area is 243 Å². The maximum absolute atomic E-state index is 13.6. The third-order valence-corrected chi connectivity index (χ3v) is 9.69. The fourth-order valence-electron chi connectivity index (χ4n) is 6.40. The third kappa shape index (κ3) is 4.26. The summed E-state index contributed by atoms with van der Waals surface area (Å²) in [5, 5.41) is 13.9. The molecule has 1 saturated heterocycles. The Kier molecular flexibility index (Phi) is 6.13. The Morgan fingerprint density at radius 1 is 1.05 bits per heavy atom. The molecule has 12 nitrogen and oxygen atoms in total. The highest BCUT2D eigenvalue weighted by molar-refractivity contribution is 7.88. The molecule has 0 unspecified atom stereocenters. The highest BCUT2D eigenvalue weighted by atomic mass is 32.2. The number of aryl methyl sites for hydroxylation is 1. The Balaban J connectivity index is 1.45. The van der Waals surface area contributed by atoms with Gasteiger partial charge < -0.3 is 10.3 Å². The molecule has 2 N–H and O–H groups in total. The first-order chi connectivity index (χ1) is 20.1. The molecule has 0 radical (unpaired) electrons. The van der Waals surface area contributed by atoms with Crippen molar-refractivity contribution in [1.82, 2.24) is 39.2 Å². The zero-order valence-electron chi connectivity index (χ0n) is 24.0. The van der Waals surface area contributed by atoms with Crippen molar-refractivity contribution in [1.29, 1.82) is 0 Å². The van der Waals surface area contributed by atoms with E-state index in [1.165, 1.54) is 10.6 Å². The lowest BCUT2D eigenvalue weighted by atomic mass is 9.95. The van der Waals surface area contributed by atoms with Gasteiger partial charge in [-0.2, -0.15) is 10.2 Å². The minimum atomic E-state index is -3.29. The van der Waals surface area contributed by atoms with Crippen molar-refractivity contribution in [3.05, 3.63) is 48.5 Å². The highest BCUT2D eigenvalue weighted by Gasteiger charge is 2.37. The number of carbonyl (C=O) groups is 1. The number of rotatable bonds is 5. The summed E-state index contributed by atoms with van der Waals surface area (Å²) >= 11 is 0. The van der Waals surface area contributed by atoms with Crippen LogP contribution in [-0.2, 0) is 23.6 Å². The number of aromatic amines is 1. The molecule has 0 saturated carbocycles. The van der Waals surface area contributed by atoms with Crippen LogP contribution in [-0.4, -0.2) is 73.7 Å². The molecule has 1 fully saturated rings. The first kappa shape index (κ1) is 26.7. The second kappa shape index (κ2) is 9.66. The Hall–Kier alpha value is -4.23. The van der Waals surface area contributed by atoms with Crippen LogP contribution in [0.1, 0.15) is 38.3 Å². The molecule has 0 atom stereocenters. The summed E-state index contributed by atoms with van der Waals surface area (Å²) in [7, 11) is -1.41. The number of benzene rings is 1. The van der Waals surface area contributed by atoms with Gasteiger partial charge in [0.1, 0.15) is 5.65 Å². The fourth-order valence-corrected chi connectivity index (χ4v) is 7.27. The zero-order valence-corrected chi connectivity index (χ0v) is 24.8. The molecule has 0 spiro atoms. The molecule has 1 aromatic carbocycles. The number of anilines is 1. The maximum Gasteiger partial charge on any atom is 0.322 e. The second-order valence-corrected chi connectivity index (χ2v) is 13.5. The number of urea groups is 1. The lowest BCUT2D eigenvalue weighted by Crippen LogP contribution is -2.54. The summed E-state index contributed by atoms with van der Waals surface area (Å²) in [5.41, 5.74) is 7.15. The molecule has 13 heteroatoms. The number of nitrogens with one attached hydrogen (secondary N) is 2. The van der Waals surface area contributed by atoms with Crippen molar-refractivity contribution in [2.45, 2.75) is 45.3 Å². The molecule has 6 heterocycles. The first-order valence-electron chi connectivity index (χ1n) is 14.1. The number of hydrogen-bond donors (Lipinski definition) is 2. The number of H-pyrrole nitrogens is 1. The van der Waals surface area contributed by atoms with Crippen LogP contribution in [0.25, 0.3) is 44.3 Å². The van der Waals surface area contributed by atoms with Gasteiger partial charge in [-0.3, -0.25) is 14.3 Å². The standard InChI is InChI=1S/C29H33N9O3S/c1-17(2)38-23-6-5-18(11-19(23)14-33-38)24-25-27-20(12-30-28(25)34-26(24)21-15-32-35(3)16-21)13-31-29(39)37(27)22-7-9-36(10-8-22)42(4,40)41/h5-6,11-12,14-17,22H,7-10,13H2,1-4H3,(H,30,34)(H,31,39). The van der Waals surface area contributed by atoms with Crippen molar-refractivity contribution in [3.63, 3.8) is 0 Å². The average molecular weight is 588 g/mol. The van der Waals surface area contributed by atoms with Gasteiger partial charge in [0, 0.05) is 73.2 Å². The SMILES string of the molecule is CC(C)n1ncc2cc(-c3c(-c4cnn(C)c4)[nH]c4ncc5c(c34)N(C3CCN(S(C)(=O)=O)CC3)C(=O)NC5)ccc21. The lowest BCUT2D eigenvalue weighted by molar-refractivity contribution is 0.236. The Bertz CT molecular complexity index is 1960. The molecule has 2 aliphatic rings. The normalized spacial score (nSPS) is 17.0. The van der Waals surface area contributed by atoms with E-state index in [1.54, 1.807) is 4.68 Å². The van der Waals surface area contributed by atoms with Crippen molar-refractivity contribution in [2.24, 2.45) is 7.05 Å². The van der Waals surface area contributed by atoms with Crippen LogP contribution in [0.4, 0.5) is 10.5 Å². The number of nitrogens with zero attached hydrogens (tertiary/aromatic N) is 7.